The highest BCUT2D eigenvalue weighted by molar-refractivity contribution is 6.04. The Morgan fingerprint density at radius 2 is 1.92 bits per heavy atom. The van der Waals surface area contributed by atoms with Crippen molar-refractivity contribution in [2.24, 2.45) is 0 Å². The Morgan fingerprint density at radius 1 is 1.08 bits per heavy atom. The number of benzene rings is 1. The van der Waals surface area contributed by atoms with Gasteiger partial charge in [-0.05, 0) is 48.4 Å². The van der Waals surface area contributed by atoms with E-state index in [1.165, 1.54) is 0 Å². The second-order valence-electron chi connectivity index (χ2n) is 5.38. The van der Waals surface area contributed by atoms with Crippen molar-refractivity contribution in [3.63, 3.8) is 0 Å². The fraction of sp³-hybridized carbons (Fsp3) is 0.105. The average molecular weight is 319 g/mol. The number of nitrogens with one attached hydrogen (secondary N) is 1. The van der Waals surface area contributed by atoms with E-state index < -0.39 is 0 Å². The lowest BCUT2D eigenvalue weighted by atomic mass is 10.2. The Kier molecular flexibility index (Phi) is 4.81. The van der Waals surface area contributed by atoms with E-state index in [1.807, 2.05) is 37.3 Å². The number of rotatable bonds is 5. The molecule has 24 heavy (non-hydrogen) atoms. The number of aromatic nitrogens is 2. The Bertz CT molecular complexity index is 835. The van der Waals surface area contributed by atoms with Gasteiger partial charge in [0.1, 0.15) is 12.4 Å². The van der Waals surface area contributed by atoms with E-state index in [0.717, 1.165) is 11.1 Å². The second kappa shape index (κ2) is 7.37. The molecule has 0 atom stereocenters. The van der Waals surface area contributed by atoms with Gasteiger partial charge >= 0.3 is 0 Å². The fourth-order valence-corrected chi connectivity index (χ4v) is 2.19. The first-order valence-electron chi connectivity index (χ1n) is 7.55. The van der Waals surface area contributed by atoms with Crippen LogP contribution in [0, 0.1) is 6.92 Å². The predicted molar refractivity (Wildman–Crippen MR) is 91.9 cm³/mol. The number of nitrogens with zero attached hydrogens (tertiary/aromatic N) is 2. The van der Waals surface area contributed by atoms with Crippen LogP contribution in [0.5, 0.6) is 5.75 Å². The molecule has 3 rings (SSSR count). The molecule has 5 heteroatoms. The third-order valence-corrected chi connectivity index (χ3v) is 3.38. The maximum absolute atomic E-state index is 12.3. The van der Waals surface area contributed by atoms with Crippen LogP contribution in [0.1, 0.15) is 21.5 Å². The van der Waals surface area contributed by atoms with E-state index in [-0.39, 0.29) is 5.91 Å². The number of hydrogen-bond donors (Lipinski definition) is 1. The van der Waals surface area contributed by atoms with Crippen LogP contribution < -0.4 is 10.1 Å². The normalized spacial score (nSPS) is 10.2. The van der Waals surface area contributed by atoms with Crippen LogP contribution in [0.15, 0.2) is 67.3 Å². The van der Waals surface area contributed by atoms with Gasteiger partial charge in [-0.25, -0.2) is 0 Å². The lowest BCUT2D eigenvalue weighted by Crippen LogP contribution is -2.12. The van der Waals surface area contributed by atoms with Crippen LogP contribution in [-0.4, -0.2) is 15.9 Å². The van der Waals surface area contributed by atoms with E-state index in [2.05, 4.69) is 15.3 Å². The number of hydrogen-bond acceptors (Lipinski definition) is 4. The summed E-state index contributed by atoms with van der Waals surface area (Å²) in [6.45, 7) is 2.35. The quantitative estimate of drug-likeness (QED) is 0.780. The van der Waals surface area contributed by atoms with Crippen LogP contribution in [0.25, 0.3) is 0 Å². The summed E-state index contributed by atoms with van der Waals surface area (Å²) in [6, 6.07) is 12.9. The lowest BCUT2D eigenvalue weighted by Gasteiger charge is -2.09. The molecular formula is C19H17N3O2. The Hall–Kier alpha value is -3.21. The molecule has 0 aliphatic carbocycles. The number of amides is 1. The van der Waals surface area contributed by atoms with Crippen molar-refractivity contribution in [2.45, 2.75) is 13.5 Å². The van der Waals surface area contributed by atoms with Crippen LogP contribution in [0.3, 0.4) is 0 Å². The van der Waals surface area contributed by atoms with Crippen molar-refractivity contribution in [2.75, 3.05) is 5.32 Å². The molecule has 5 nitrogen and oxygen atoms in total. The second-order valence-corrected chi connectivity index (χ2v) is 5.38. The number of carbonyl (C=O) groups is 1. The highest BCUT2D eigenvalue weighted by atomic mass is 16.5. The largest absolute Gasteiger partial charge is 0.489 e. The number of ether oxygens (including phenoxy) is 1. The molecule has 0 aliphatic heterocycles. The van der Waals surface area contributed by atoms with Gasteiger partial charge in [-0.15, -0.1) is 0 Å². The van der Waals surface area contributed by atoms with Crippen LogP contribution in [-0.2, 0) is 6.61 Å². The molecule has 1 amide bonds. The molecule has 0 spiro atoms. The highest BCUT2D eigenvalue weighted by Gasteiger charge is 2.07. The molecule has 0 saturated heterocycles. The molecular weight excluding hydrogens is 302 g/mol. The zero-order valence-corrected chi connectivity index (χ0v) is 13.3. The van der Waals surface area contributed by atoms with E-state index in [0.29, 0.717) is 23.6 Å². The number of pyridine rings is 2. The summed E-state index contributed by atoms with van der Waals surface area (Å²) in [5, 5.41) is 2.86. The molecule has 0 bridgehead atoms. The van der Waals surface area contributed by atoms with Crippen LogP contribution in [0.4, 0.5) is 5.69 Å². The first kappa shape index (κ1) is 15.7. The van der Waals surface area contributed by atoms with Crippen LogP contribution in [0.2, 0.25) is 0 Å². The molecule has 2 aromatic heterocycles. The van der Waals surface area contributed by atoms with Crippen molar-refractivity contribution in [1.82, 2.24) is 9.97 Å². The summed E-state index contributed by atoms with van der Waals surface area (Å²) in [6.07, 6.45) is 6.72. The van der Waals surface area contributed by atoms with Gasteiger partial charge in [0.15, 0.2) is 0 Å². The number of anilines is 1. The molecule has 3 aromatic rings. The standard InChI is InChI=1S/C19H17N3O2/c1-14-9-16(12-21-11-14)19(23)22-17-3-2-4-18(10-17)24-13-15-5-7-20-8-6-15/h2-12H,13H2,1H3,(H,22,23). The summed E-state index contributed by atoms with van der Waals surface area (Å²) in [4.78, 5) is 20.3. The van der Waals surface area contributed by atoms with E-state index >= 15 is 0 Å². The predicted octanol–water partition coefficient (Wildman–Crippen LogP) is 3.62. The van der Waals surface area contributed by atoms with Gasteiger partial charge in [0.05, 0.1) is 5.56 Å². The smallest absolute Gasteiger partial charge is 0.257 e. The minimum Gasteiger partial charge on any atom is -0.489 e. The van der Waals surface area contributed by atoms with E-state index in [1.54, 1.807) is 36.9 Å². The molecule has 2 heterocycles. The van der Waals surface area contributed by atoms with Gasteiger partial charge in [0.2, 0.25) is 0 Å². The fourth-order valence-electron chi connectivity index (χ4n) is 2.19. The highest BCUT2D eigenvalue weighted by Crippen LogP contribution is 2.19. The average Bonchev–Trinajstić information content (AvgIpc) is 2.61. The van der Waals surface area contributed by atoms with Crippen molar-refractivity contribution in [3.05, 3.63) is 83.9 Å². The first-order chi connectivity index (χ1) is 11.7. The Morgan fingerprint density at radius 3 is 2.71 bits per heavy atom. The minimum absolute atomic E-state index is 0.197. The van der Waals surface area contributed by atoms with Gasteiger partial charge in [0, 0.05) is 36.5 Å². The molecule has 120 valence electrons. The van der Waals surface area contributed by atoms with Crippen molar-refractivity contribution >= 4 is 11.6 Å². The maximum atomic E-state index is 12.3. The molecule has 0 unspecified atom stereocenters. The summed E-state index contributed by atoms with van der Waals surface area (Å²) in [5.74, 6) is 0.490. The summed E-state index contributed by atoms with van der Waals surface area (Å²) < 4.78 is 5.75. The molecule has 0 saturated carbocycles. The molecule has 0 fully saturated rings. The zero-order chi connectivity index (χ0) is 16.8. The maximum Gasteiger partial charge on any atom is 0.257 e. The molecule has 0 aliphatic rings. The van der Waals surface area contributed by atoms with Crippen molar-refractivity contribution in [3.8, 4) is 5.75 Å². The third-order valence-electron chi connectivity index (χ3n) is 3.38. The lowest BCUT2D eigenvalue weighted by molar-refractivity contribution is 0.102. The zero-order valence-electron chi connectivity index (χ0n) is 13.3. The first-order valence-corrected chi connectivity index (χ1v) is 7.55. The molecule has 0 radical (unpaired) electrons. The van der Waals surface area contributed by atoms with Crippen LogP contribution >= 0.6 is 0 Å². The summed E-state index contributed by atoms with van der Waals surface area (Å²) >= 11 is 0. The van der Waals surface area contributed by atoms with Gasteiger partial charge in [-0.2, -0.15) is 0 Å². The molecule has 1 aromatic carbocycles. The van der Waals surface area contributed by atoms with Gasteiger partial charge in [-0.1, -0.05) is 6.07 Å². The van der Waals surface area contributed by atoms with Crippen molar-refractivity contribution < 1.29 is 9.53 Å². The number of aryl methyl sites for hydroxylation is 1. The SMILES string of the molecule is Cc1cncc(C(=O)Nc2cccc(OCc3ccncc3)c2)c1. The topological polar surface area (TPSA) is 64.1 Å². The Labute approximate surface area is 140 Å². The summed E-state index contributed by atoms with van der Waals surface area (Å²) in [7, 11) is 0. The van der Waals surface area contributed by atoms with E-state index in [4.69, 9.17) is 4.74 Å². The summed E-state index contributed by atoms with van der Waals surface area (Å²) in [5.41, 5.74) is 3.18. The van der Waals surface area contributed by atoms with Crippen molar-refractivity contribution in [1.29, 1.82) is 0 Å². The van der Waals surface area contributed by atoms with Gasteiger partial charge in [0.25, 0.3) is 5.91 Å². The van der Waals surface area contributed by atoms with Gasteiger partial charge < -0.3 is 10.1 Å². The number of carbonyl (C=O) groups excluding carboxylic acids is 1. The third kappa shape index (κ3) is 4.16. The Balaban J connectivity index is 1.65. The monoisotopic (exact) mass is 319 g/mol. The molecule has 1 N–H and O–H groups in total. The van der Waals surface area contributed by atoms with Gasteiger partial charge in [-0.3, -0.25) is 14.8 Å². The minimum atomic E-state index is -0.197. The van der Waals surface area contributed by atoms with E-state index in [9.17, 15) is 4.79 Å².